The van der Waals surface area contributed by atoms with Gasteiger partial charge in [-0.15, -0.1) is 11.3 Å². The van der Waals surface area contributed by atoms with E-state index in [1.165, 1.54) is 10.9 Å². The van der Waals surface area contributed by atoms with Crippen LogP contribution in [0.5, 0.6) is 0 Å². The lowest BCUT2D eigenvalue weighted by Crippen LogP contribution is -1.85. The molecule has 1 aromatic carbocycles. The summed E-state index contributed by atoms with van der Waals surface area (Å²) in [6, 6.07) is 10.8. The van der Waals surface area contributed by atoms with Crippen molar-refractivity contribution in [2.45, 2.75) is 6.42 Å². The zero-order valence-corrected chi connectivity index (χ0v) is 7.85. The quantitative estimate of drug-likeness (QED) is 0.683. The summed E-state index contributed by atoms with van der Waals surface area (Å²) in [5.74, 6) is -0.158. The Labute approximate surface area is 80.7 Å². The van der Waals surface area contributed by atoms with Gasteiger partial charge in [-0.3, -0.25) is 0 Å². The molecule has 13 heavy (non-hydrogen) atoms. The molecule has 2 heteroatoms. The van der Waals surface area contributed by atoms with Crippen LogP contribution in [0.1, 0.15) is 10.4 Å². The van der Waals surface area contributed by atoms with Crippen LogP contribution in [0.15, 0.2) is 41.8 Å². The van der Waals surface area contributed by atoms with Gasteiger partial charge in [0.15, 0.2) is 0 Å². The van der Waals surface area contributed by atoms with E-state index in [0.29, 0.717) is 0 Å². The Hall–Kier alpha value is -1.15. The summed E-state index contributed by atoms with van der Waals surface area (Å²) in [4.78, 5) is 1.27. The third-order valence-electron chi connectivity index (χ3n) is 1.85. The van der Waals surface area contributed by atoms with Crippen molar-refractivity contribution in [3.05, 3.63) is 58.0 Å². The Morgan fingerprint density at radius 3 is 2.77 bits per heavy atom. The Morgan fingerprint density at radius 1 is 1.15 bits per heavy atom. The largest absolute Gasteiger partial charge is 0.207 e. The predicted molar refractivity (Wildman–Crippen MR) is 53.5 cm³/mol. The highest BCUT2D eigenvalue weighted by Gasteiger charge is 1.97. The Morgan fingerprint density at radius 2 is 2.08 bits per heavy atom. The Bertz CT molecular complexity index is 379. The molecule has 0 spiro atoms. The smallest absolute Gasteiger partial charge is 0.123 e. The third-order valence-corrected chi connectivity index (χ3v) is 2.72. The van der Waals surface area contributed by atoms with Crippen LogP contribution in [0.25, 0.3) is 0 Å². The van der Waals surface area contributed by atoms with Crippen molar-refractivity contribution in [1.82, 2.24) is 0 Å². The molecule has 1 heterocycles. The molecule has 0 fully saturated rings. The molecule has 0 bridgehead atoms. The predicted octanol–water partition coefficient (Wildman–Crippen LogP) is 3.48. The van der Waals surface area contributed by atoms with Crippen LogP contribution in [-0.4, -0.2) is 0 Å². The minimum absolute atomic E-state index is 0.158. The normalized spacial score (nSPS) is 10.2. The third kappa shape index (κ3) is 2.16. The van der Waals surface area contributed by atoms with E-state index in [1.807, 2.05) is 17.5 Å². The average molecular weight is 192 g/mol. The van der Waals surface area contributed by atoms with Gasteiger partial charge < -0.3 is 0 Å². The molecule has 0 atom stereocenters. The number of thiophene rings is 1. The van der Waals surface area contributed by atoms with E-state index in [4.69, 9.17) is 0 Å². The molecular weight excluding hydrogens is 183 g/mol. The first-order valence-electron chi connectivity index (χ1n) is 4.11. The first-order valence-corrected chi connectivity index (χ1v) is 4.99. The van der Waals surface area contributed by atoms with Crippen molar-refractivity contribution in [3.63, 3.8) is 0 Å². The van der Waals surface area contributed by atoms with E-state index in [-0.39, 0.29) is 5.82 Å². The second-order valence-electron chi connectivity index (χ2n) is 2.89. The maximum atomic E-state index is 12.8. The number of hydrogen-bond donors (Lipinski definition) is 0. The maximum absolute atomic E-state index is 12.8. The first kappa shape index (κ1) is 8.45. The zero-order valence-electron chi connectivity index (χ0n) is 7.03. The molecule has 66 valence electrons. The summed E-state index contributed by atoms with van der Waals surface area (Å²) in [6.45, 7) is 0. The minimum atomic E-state index is -0.158. The first-order chi connectivity index (χ1) is 6.34. The molecule has 0 saturated carbocycles. The van der Waals surface area contributed by atoms with Crippen LogP contribution < -0.4 is 0 Å². The van der Waals surface area contributed by atoms with Gasteiger partial charge in [0, 0.05) is 11.3 Å². The van der Waals surface area contributed by atoms with Crippen LogP contribution in [0.4, 0.5) is 4.39 Å². The highest BCUT2D eigenvalue weighted by molar-refractivity contribution is 7.09. The fourth-order valence-corrected chi connectivity index (χ4v) is 2.00. The van der Waals surface area contributed by atoms with E-state index < -0.39 is 0 Å². The van der Waals surface area contributed by atoms with E-state index in [2.05, 4.69) is 6.07 Å². The van der Waals surface area contributed by atoms with Gasteiger partial charge in [0.2, 0.25) is 0 Å². The second-order valence-corrected chi connectivity index (χ2v) is 3.92. The van der Waals surface area contributed by atoms with Gasteiger partial charge in [-0.05, 0) is 29.1 Å². The van der Waals surface area contributed by atoms with Gasteiger partial charge in [0.05, 0.1) is 0 Å². The fourth-order valence-electron chi connectivity index (χ4n) is 1.26. The summed E-state index contributed by atoms with van der Waals surface area (Å²) in [5, 5.41) is 2.04. The van der Waals surface area contributed by atoms with Crippen molar-refractivity contribution < 1.29 is 4.39 Å². The summed E-state index contributed by atoms with van der Waals surface area (Å²) in [6.07, 6.45) is 0.829. The molecular formula is C11H9FS. The van der Waals surface area contributed by atoms with Gasteiger partial charge in [0.1, 0.15) is 5.82 Å². The van der Waals surface area contributed by atoms with Crippen molar-refractivity contribution in [2.75, 3.05) is 0 Å². The van der Waals surface area contributed by atoms with Crippen LogP contribution in [-0.2, 0) is 6.42 Å². The second kappa shape index (κ2) is 3.71. The molecule has 0 amide bonds. The van der Waals surface area contributed by atoms with Gasteiger partial charge in [-0.1, -0.05) is 18.2 Å². The summed E-state index contributed by atoms with van der Waals surface area (Å²) < 4.78 is 12.8. The fraction of sp³-hybridized carbons (Fsp3) is 0.0909. The van der Waals surface area contributed by atoms with E-state index >= 15 is 0 Å². The molecule has 0 N–H and O–H groups in total. The monoisotopic (exact) mass is 192 g/mol. The molecule has 0 aliphatic rings. The molecule has 0 radical (unpaired) electrons. The standard InChI is InChI=1S/C11H9FS/c12-10-4-1-3-9(7-10)8-11-5-2-6-13-11/h1-7H,8H2. The summed E-state index contributed by atoms with van der Waals surface area (Å²) >= 11 is 1.70. The van der Waals surface area contributed by atoms with Gasteiger partial charge >= 0.3 is 0 Å². The lowest BCUT2D eigenvalue weighted by Gasteiger charge is -1.97. The maximum Gasteiger partial charge on any atom is 0.123 e. The van der Waals surface area contributed by atoms with Crippen molar-refractivity contribution in [2.24, 2.45) is 0 Å². The van der Waals surface area contributed by atoms with Crippen molar-refractivity contribution in [1.29, 1.82) is 0 Å². The van der Waals surface area contributed by atoms with E-state index in [1.54, 1.807) is 23.5 Å². The Kier molecular flexibility index (Phi) is 2.41. The molecule has 0 nitrogen and oxygen atoms in total. The molecule has 2 aromatic rings. The molecule has 1 aromatic heterocycles. The van der Waals surface area contributed by atoms with Gasteiger partial charge in [0.25, 0.3) is 0 Å². The molecule has 0 unspecified atom stereocenters. The minimum Gasteiger partial charge on any atom is -0.207 e. The molecule has 0 aliphatic heterocycles. The number of halogens is 1. The van der Waals surface area contributed by atoms with Crippen LogP contribution in [0.2, 0.25) is 0 Å². The van der Waals surface area contributed by atoms with Crippen LogP contribution in [0.3, 0.4) is 0 Å². The van der Waals surface area contributed by atoms with E-state index in [9.17, 15) is 4.39 Å². The van der Waals surface area contributed by atoms with Crippen molar-refractivity contribution >= 4 is 11.3 Å². The van der Waals surface area contributed by atoms with Crippen LogP contribution >= 0.6 is 11.3 Å². The summed E-state index contributed by atoms with van der Waals surface area (Å²) in [5.41, 5.74) is 1.03. The highest BCUT2D eigenvalue weighted by atomic mass is 32.1. The lowest BCUT2D eigenvalue weighted by atomic mass is 10.1. The number of rotatable bonds is 2. The average Bonchev–Trinajstić information content (AvgIpc) is 2.57. The van der Waals surface area contributed by atoms with Crippen molar-refractivity contribution in [3.8, 4) is 0 Å². The molecule has 0 aliphatic carbocycles. The Balaban J connectivity index is 2.19. The van der Waals surface area contributed by atoms with E-state index in [0.717, 1.165) is 12.0 Å². The van der Waals surface area contributed by atoms with Crippen LogP contribution in [0, 0.1) is 5.82 Å². The highest BCUT2D eigenvalue weighted by Crippen LogP contribution is 2.15. The molecule has 2 rings (SSSR count). The lowest BCUT2D eigenvalue weighted by molar-refractivity contribution is 0.626. The SMILES string of the molecule is Fc1cccc(Cc2cccs2)c1. The number of benzene rings is 1. The number of hydrogen-bond acceptors (Lipinski definition) is 1. The van der Waals surface area contributed by atoms with Gasteiger partial charge in [-0.2, -0.15) is 0 Å². The zero-order chi connectivity index (χ0) is 9.10. The summed E-state index contributed by atoms with van der Waals surface area (Å²) in [7, 11) is 0. The van der Waals surface area contributed by atoms with Gasteiger partial charge in [-0.25, -0.2) is 4.39 Å². The molecule has 0 saturated heterocycles. The topological polar surface area (TPSA) is 0 Å².